The minimum Gasteiger partial charge on any atom is -0.457 e. The van der Waals surface area contributed by atoms with Gasteiger partial charge in [0.05, 0.1) is 16.7 Å². The van der Waals surface area contributed by atoms with E-state index in [1.54, 1.807) is 50.5 Å². The summed E-state index contributed by atoms with van der Waals surface area (Å²) < 4.78 is 38.3. The molecule has 0 fully saturated rings. The van der Waals surface area contributed by atoms with Crippen molar-refractivity contribution in [3.05, 3.63) is 84.2 Å². The molecule has 8 heteroatoms. The lowest BCUT2D eigenvalue weighted by Crippen LogP contribution is -2.30. The number of benzene rings is 2. The average Bonchev–Trinajstić information content (AvgIpc) is 2.73. The fourth-order valence-electron chi connectivity index (χ4n) is 2.65. The van der Waals surface area contributed by atoms with Gasteiger partial charge < -0.3 is 9.47 Å². The van der Waals surface area contributed by atoms with Gasteiger partial charge in [0.1, 0.15) is 18.1 Å². The summed E-state index contributed by atoms with van der Waals surface area (Å²) in [6.45, 7) is 3.41. The summed E-state index contributed by atoms with van der Waals surface area (Å²) in [5.74, 6) is 0.468. The molecule has 3 aromatic rings. The number of nitrogens with one attached hydrogen (secondary N) is 1. The lowest BCUT2D eigenvalue weighted by atomic mass is 10.2. The van der Waals surface area contributed by atoms with Crippen LogP contribution in [0.4, 0.5) is 0 Å². The lowest BCUT2D eigenvalue weighted by Gasteiger charge is -2.12. The molecule has 1 aromatic heterocycles. The molecule has 0 unspecified atom stereocenters. The third-order valence-corrected chi connectivity index (χ3v) is 5.62. The highest BCUT2D eigenvalue weighted by Gasteiger charge is 2.18. The number of esters is 1. The Kier molecular flexibility index (Phi) is 6.81. The molecule has 0 amide bonds. The van der Waals surface area contributed by atoms with Gasteiger partial charge >= 0.3 is 5.97 Å². The number of ether oxygens (including phenoxy) is 2. The van der Waals surface area contributed by atoms with Crippen LogP contribution in [0.15, 0.2) is 78.0 Å². The predicted molar refractivity (Wildman–Crippen MR) is 112 cm³/mol. The van der Waals surface area contributed by atoms with E-state index in [1.165, 1.54) is 24.3 Å². The largest absolute Gasteiger partial charge is 0.457 e. The highest BCUT2D eigenvalue weighted by Crippen LogP contribution is 2.25. The molecule has 0 radical (unpaired) electrons. The van der Waals surface area contributed by atoms with E-state index in [0.29, 0.717) is 17.1 Å². The Bertz CT molecular complexity index is 1120. The summed E-state index contributed by atoms with van der Waals surface area (Å²) in [4.78, 5) is 16.5. The smallest absolute Gasteiger partial charge is 0.338 e. The van der Waals surface area contributed by atoms with Gasteiger partial charge in [-0.05, 0) is 50.2 Å². The van der Waals surface area contributed by atoms with Crippen molar-refractivity contribution >= 4 is 16.0 Å². The van der Waals surface area contributed by atoms with Crippen molar-refractivity contribution in [1.82, 2.24) is 9.71 Å². The summed E-state index contributed by atoms with van der Waals surface area (Å²) in [6.07, 6.45) is 3.23. The van der Waals surface area contributed by atoms with Crippen LogP contribution in [0.25, 0.3) is 0 Å². The maximum absolute atomic E-state index is 12.5. The minimum absolute atomic E-state index is 0.00552. The second-order valence-electron chi connectivity index (χ2n) is 6.78. The Balaban J connectivity index is 1.72. The second kappa shape index (κ2) is 9.51. The van der Waals surface area contributed by atoms with E-state index in [2.05, 4.69) is 9.71 Å². The number of sulfonamides is 1. The van der Waals surface area contributed by atoms with E-state index >= 15 is 0 Å². The highest BCUT2D eigenvalue weighted by molar-refractivity contribution is 7.89. The van der Waals surface area contributed by atoms with Crippen LogP contribution in [0.2, 0.25) is 0 Å². The zero-order valence-electron chi connectivity index (χ0n) is 16.6. The Hall–Kier alpha value is -3.23. The van der Waals surface area contributed by atoms with Gasteiger partial charge in [-0.1, -0.05) is 24.3 Å². The molecule has 0 aliphatic carbocycles. The normalized spacial score (nSPS) is 11.3. The maximum atomic E-state index is 12.5. The number of pyridine rings is 1. The first-order chi connectivity index (χ1) is 14.3. The zero-order chi connectivity index (χ0) is 21.6. The van der Waals surface area contributed by atoms with E-state index in [-0.39, 0.29) is 23.1 Å². The van der Waals surface area contributed by atoms with Gasteiger partial charge in [-0.25, -0.2) is 17.9 Å². The molecule has 0 spiro atoms. The van der Waals surface area contributed by atoms with E-state index in [1.807, 2.05) is 12.1 Å². The van der Waals surface area contributed by atoms with Gasteiger partial charge in [-0.2, -0.15) is 0 Å². The number of nitrogens with zero attached hydrogens (tertiary/aromatic N) is 1. The van der Waals surface area contributed by atoms with Crippen LogP contribution in [0.5, 0.6) is 11.5 Å². The lowest BCUT2D eigenvalue weighted by molar-refractivity contribution is 0.0470. The Labute approximate surface area is 175 Å². The molecule has 30 heavy (non-hydrogen) atoms. The molecule has 0 aliphatic heterocycles. The van der Waals surface area contributed by atoms with E-state index < -0.39 is 16.0 Å². The van der Waals surface area contributed by atoms with Gasteiger partial charge in [0.2, 0.25) is 10.0 Å². The SMILES string of the molecule is CC(C)NS(=O)(=O)c1cccc(C(=O)OCc2ccccc2Oc2cccnc2)c1. The highest BCUT2D eigenvalue weighted by atomic mass is 32.2. The van der Waals surface area contributed by atoms with Crippen molar-refractivity contribution in [2.75, 3.05) is 0 Å². The molecule has 7 nitrogen and oxygen atoms in total. The summed E-state index contributed by atoms with van der Waals surface area (Å²) in [6, 6.07) is 16.2. The van der Waals surface area contributed by atoms with Crippen molar-refractivity contribution in [2.45, 2.75) is 31.4 Å². The number of carbonyl (C=O) groups is 1. The quantitative estimate of drug-likeness (QED) is 0.549. The van der Waals surface area contributed by atoms with Crippen LogP contribution in [-0.4, -0.2) is 25.4 Å². The van der Waals surface area contributed by atoms with E-state index in [9.17, 15) is 13.2 Å². The van der Waals surface area contributed by atoms with Gasteiger partial charge in [0.25, 0.3) is 0 Å². The number of rotatable bonds is 8. The number of hydrogen-bond acceptors (Lipinski definition) is 6. The topological polar surface area (TPSA) is 94.6 Å². The molecule has 0 atom stereocenters. The molecule has 156 valence electrons. The van der Waals surface area contributed by atoms with Crippen molar-refractivity contribution in [3.8, 4) is 11.5 Å². The van der Waals surface area contributed by atoms with Gasteiger partial charge in [0.15, 0.2) is 0 Å². The monoisotopic (exact) mass is 426 g/mol. The molecule has 1 N–H and O–H groups in total. The number of para-hydroxylation sites is 1. The van der Waals surface area contributed by atoms with Gasteiger partial charge in [-0.3, -0.25) is 4.98 Å². The first-order valence-corrected chi connectivity index (χ1v) is 10.8. The summed E-state index contributed by atoms with van der Waals surface area (Å²) in [5, 5.41) is 0. The van der Waals surface area contributed by atoms with Crippen LogP contribution in [0.3, 0.4) is 0 Å². The van der Waals surface area contributed by atoms with Gasteiger partial charge in [0, 0.05) is 17.8 Å². The average molecular weight is 426 g/mol. The molecular formula is C22H22N2O5S. The first-order valence-electron chi connectivity index (χ1n) is 9.30. The molecule has 0 bridgehead atoms. The molecule has 2 aromatic carbocycles. The first kappa shape index (κ1) is 21.5. The zero-order valence-corrected chi connectivity index (χ0v) is 17.4. The van der Waals surface area contributed by atoms with Crippen LogP contribution in [0, 0.1) is 0 Å². The Morgan fingerprint density at radius 3 is 2.60 bits per heavy atom. The fraction of sp³-hybridized carbons (Fsp3) is 0.182. The van der Waals surface area contributed by atoms with Crippen LogP contribution in [0.1, 0.15) is 29.8 Å². The second-order valence-corrected chi connectivity index (χ2v) is 8.49. The van der Waals surface area contributed by atoms with Crippen LogP contribution < -0.4 is 9.46 Å². The standard InChI is InChI=1S/C22H22N2O5S/c1-16(2)24-30(26,27)20-10-5-8-17(13-20)22(25)28-15-18-7-3-4-11-21(18)29-19-9-6-12-23-14-19/h3-14,16,24H,15H2,1-2H3. The summed E-state index contributed by atoms with van der Waals surface area (Å²) in [7, 11) is -3.71. The number of carbonyl (C=O) groups excluding carboxylic acids is 1. The summed E-state index contributed by atoms with van der Waals surface area (Å²) >= 11 is 0. The molecular weight excluding hydrogens is 404 g/mol. The maximum Gasteiger partial charge on any atom is 0.338 e. The predicted octanol–water partition coefficient (Wildman–Crippen LogP) is 3.92. The molecule has 0 aliphatic rings. The van der Waals surface area contributed by atoms with Crippen molar-refractivity contribution < 1.29 is 22.7 Å². The minimum atomic E-state index is -3.71. The van der Waals surface area contributed by atoms with Crippen molar-refractivity contribution in [1.29, 1.82) is 0 Å². The number of aromatic nitrogens is 1. The van der Waals surface area contributed by atoms with Crippen molar-refractivity contribution in [2.24, 2.45) is 0 Å². The van der Waals surface area contributed by atoms with Gasteiger partial charge in [-0.15, -0.1) is 0 Å². The Morgan fingerprint density at radius 1 is 1.07 bits per heavy atom. The molecule has 3 rings (SSSR count). The third kappa shape index (κ3) is 5.65. The van der Waals surface area contributed by atoms with Crippen LogP contribution >= 0.6 is 0 Å². The van der Waals surface area contributed by atoms with E-state index in [0.717, 1.165) is 0 Å². The molecule has 0 saturated heterocycles. The Morgan fingerprint density at radius 2 is 1.87 bits per heavy atom. The van der Waals surface area contributed by atoms with Crippen molar-refractivity contribution in [3.63, 3.8) is 0 Å². The fourth-order valence-corrected chi connectivity index (χ4v) is 3.95. The summed E-state index contributed by atoms with van der Waals surface area (Å²) in [5.41, 5.74) is 0.812. The molecule has 1 heterocycles. The van der Waals surface area contributed by atoms with Crippen LogP contribution in [-0.2, 0) is 21.4 Å². The number of hydrogen-bond donors (Lipinski definition) is 1. The van der Waals surface area contributed by atoms with E-state index in [4.69, 9.17) is 9.47 Å². The third-order valence-electron chi connectivity index (χ3n) is 3.96. The molecule has 0 saturated carbocycles.